The average Bonchev–Trinajstić information content (AvgIpc) is 2.73. The number of rotatable bonds is 1. The summed E-state index contributed by atoms with van der Waals surface area (Å²) >= 11 is 5.78. The third-order valence-electron chi connectivity index (χ3n) is 2.26. The molecular weight excluding hydrogens is 224 g/mol. The van der Waals surface area contributed by atoms with Gasteiger partial charge in [-0.1, -0.05) is 29.8 Å². The number of fused-ring (bicyclic) bond motifs is 1. The molecule has 0 atom stereocenters. The highest BCUT2D eigenvalue weighted by Gasteiger charge is 2.08. The Hall–Kier alpha value is -1.87. The van der Waals surface area contributed by atoms with Gasteiger partial charge in [0.25, 0.3) is 0 Å². The van der Waals surface area contributed by atoms with Crippen LogP contribution in [-0.4, -0.2) is 9.97 Å². The lowest BCUT2D eigenvalue weighted by molar-refractivity contribution is 0.619. The summed E-state index contributed by atoms with van der Waals surface area (Å²) in [6.07, 6.45) is 1.60. The zero-order valence-electron chi connectivity index (χ0n) is 8.22. The molecule has 3 aromatic rings. The van der Waals surface area contributed by atoms with Crippen molar-refractivity contribution >= 4 is 22.7 Å². The first-order valence-electron chi connectivity index (χ1n) is 4.80. The molecule has 0 saturated carbocycles. The normalized spacial score (nSPS) is 10.8. The van der Waals surface area contributed by atoms with Gasteiger partial charge >= 0.3 is 0 Å². The van der Waals surface area contributed by atoms with Crippen molar-refractivity contribution in [1.29, 1.82) is 0 Å². The minimum absolute atomic E-state index is 0.406. The number of halogens is 1. The van der Waals surface area contributed by atoms with Crippen LogP contribution in [0.1, 0.15) is 0 Å². The van der Waals surface area contributed by atoms with E-state index < -0.39 is 0 Å². The van der Waals surface area contributed by atoms with Gasteiger partial charge in [-0.2, -0.15) is 0 Å². The van der Waals surface area contributed by atoms with E-state index in [1.165, 1.54) is 0 Å². The van der Waals surface area contributed by atoms with Crippen LogP contribution in [0.25, 0.3) is 22.6 Å². The third-order valence-corrected chi connectivity index (χ3v) is 2.47. The Morgan fingerprint density at radius 2 is 1.94 bits per heavy atom. The van der Waals surface area contributed by atoms with Gasteiger partial charge in [0.2, 0.25) is 5.89 Å². The Bertz CT molecular complexity index is 634. The molecule has 0 radical (unpaired) electrons. The topological polar surface area (TPSA) is 38.9 Å². The van der Waals surface area contributed by atoms with Crippen LogP contribution in [-0.2, 0) is 0 Å². The highest BCUT2D eigenvalue weighted by atomic mass is 35.5. The zero-order chi connectivity index (χ0) is 11.0. The molecule has 3 rings (SSSR count). The number of nitrogens with zero attached hydrogens (tertiary/aromatic N) is 2. The summed E-state index contributed by atoms with van der Waals surface area (Å²) < 4.78 is 5.60. The van der Waals surface area contributed by atoms with E-state index in [1.807, 2.05) is 30.3 Å². The van der Waals surface area contributed by atoms with Crippen LogP contribution < -0.4 is 0 Å². The van der Waals surface area contributed by atoms with Gasteiger partial charge in [-0.25, -0.2) is 9.97 Å². The maximum Gasteiger partial charge on any atom is 0.227 e. The van der Waals surface area contributed by atoms with Crippen molar-refractivity contribution in [1.82, 2.24) is 9.97 Å². The lowest BCUT2D eigenvalue weighted by Gasteiger charge is -1.91. The fraction of sp³-hybridized carbons (Fsp3) is 0. The van der Waals surface area contributed by atoms with E-state index >= 15 is 0 Å². The molecule has 0 aliphatic heterocycles. The summed E-state index contributed by atoms with van der Waals surface area (Å²) in [6.45, 7) is 0. The fourth-order valence-corrected chi connectivity index (χ4v) is 1.66. The molecule has 16 heavy (non-hydrogen) atoms. The van der Waals surface area contributed by atoms with Crippen molar-refractivity contribution in [3.8, 4) is 11.5 Å². The first kappa shape index (κ1) is 9.36. The van der Waals surface area contributed by atoms with Crippen LogP contribution in [0.3, 0.4) is 0 Å². The Labute approximate surface area is 96.7 Å². The summed E-state index contributed by atoms with van der Waals surface area (Å²) in [5.41, 5.74) is 2.30. The molecule has 1 aromatic carbocycles. The molecule has 0 fully saturated rings. The van der Waals surface area contributed by atoms with Gasteiger partial charge in [-0.05, 0) is 12.1 Å². The van der Waals surface area contributed by atoms with Crippen LogP contribution in [0.5, 0.6) is 0 Å². The molecule has 2 aromatic heterocycles. The van der Waals surface area contributed by atoms with Gasteiger partial charge < -0.3 is 4.42 Å². The predicted octanol–water partition coefficient (Wildman–Crippen LogP) is 3.54. The highest BCUT2D eigenvalue weighted by Crippen LogP contribution is 2.24. The molecule has 0 bridgehead atoms. The van der Waals surface area contributed by atoms with Crippen LogP contribution in [0.4, 0.5) is 0 Å². The zero-order valence-corrected chi connectivity index (χ0v) is 8.98. The number of aromatic nitrogens is 2. The maximum atomic E-state index is 5.78. The SMILES string of the molecule is Clc1cc2oc(-c3ccccc3)nc2cn1. The lowest BCUT2D eigenvalue weighted by atomic mass is 10.2. The molecule has 0 spiro atoms. The lowest BCUT2D eigenvalue weighted by Crippen LogP contribution is -1.75. The molecule has 2 heterocycles. The largest absolute Gasteiger partial charge is 0.436 e. The second-order valence-electron chi connectivity index (χ2n) is 3.36. The smallest absolute Gasteiger partial charge is 0.227 e. The third kappa shape index (κ3) is 1.55. The maximum absolute atomic E-state index is 5.78. The Kier molecular flexibility index (Phi) is 2.11. The first-order chi connectivity index (χ1) is 7.83. The molecule has 0 unspecified atom stereocenters. The number of pyridine rings is 1. The molecule has 0 N–H and O–H groups in total. The molecule has 78 valence electrons. The van der Waals surface area contributed by atoms with Gasteiger partial charge in [-0.15, -0.1) is 0 Å². The molecule has 4 heteroatoms. The quantitative estimate of drug-likeness (QED) is 0.600. The van der Waals surface area contributed by atoms with Crippen molar-refractivity contribution in [3.05, 3.63) is 47.7 Å². The minimum Gasteiger partial charge on any atom is -0.436 e. The standard InChI is InChI=1S/C12H7ClN2O/c13-11-6-10-9(7-14-11)15-12(16-10)8-4-2-1-3-5-8/h1-7H. The van der Waals surface area contributed by atoms with Gasteiger partial charge in [0.05, 0.1) is 6.20 Å². The monoisotopic (exact) mass is 230 g/mol. The van der Waals surface area contributed by atoms with E-state index in [0.717, 1.165) is 5.56 Å². The van der Waals surface area contributed by atoms with Crippen LogP contribution in [0.15, 0.2) is 47.0 Å². The summed E-state index contributed by atoms with van der Waals surface area (Å²) in [4.78, 5) is 8.29. The van der Waals surface area contributed by atoms with E-state index in [2.05, 4.69) is 9.97 Å². The van der Waals surface area contributed by atoms with Crippen LogP contribution in [0.2, 0.25) is 5.15 Å². The van der Waals surface area contributed by atoms with Gasteiger partial charge in [0.1, 0.15) is 10.7 Å². The summed E-state index contributed by atoms with van der Waals surface area (Å²) in [5, 5.41) is 0.406. The molecule has 0 aliphatic carbocycles. The number of hydrogen-bond donors (Lipinski definition) is 0. The van der Waals surface area contributed by atoms with Crippen molar-refractivity contribution < 1.29 is 4.42 Å². The van der Waals surface area contributed by atoms with Gasteiger partial charge in [-0.3, -0.25) is 0 Å². The van der Waals surface area contributed by atoms with E-state index in [4.69, 9.17) is 16.0 Å². The van der Waals surface area contributed by atoms with Crippen molar-refractivity contribution in [2.24, 2.45) is 0 Å². The Balaban J connectivity index is 2.19. The minimum atomic E-state index is 0.406. The Morgan fingerprint density at radius 1 is 1.12 bits per heavy atom. The van der Waals surface area contributed by atoms with Crippen molar-refractivity contribution in [2.45, 2.75) is 0 Å². The molecule has 0 amide bonds. The number of oxazole rings is 1. The van der Waals surface area contributed by atoms with Crippen LogP contribution >= 0.6 is 11.6 Å². The fourth-order valence-electron chi connectivity index (χ4n) is 1.51. The second-order valence-corrected chi connectivity index (χ2v) is 3.75. The molecule has 0 aliphatic rings. The molecule has 3 nitrogen and oxygen atoms in total. The number of benzene rings is 1. The van der Waals surface area contributed by atoms with E-state index in [0.29, 0.717) is 22.1 Å². The van der Waals surface area contributed by atoms with Gasteiger partial charge in [0, 0.05) is 11.6 Å². The number of hydrogen-bond acceptors (Lipinski definition) is 3. The molecule has 0 saturated heterocycles. The summed E-state index contributed by atoms with van der Waals surface area (Å²) in [7, 11) is 0. The summed E-state index contributed by atoms with van der Waals surface area (Å²) in [5.74, 6) is 0.583. The van der Waals surface area contributed by atoms with E-state index in [9.17, 15) is 0 Å². The first-order valence-corrected chi connectivity index (χ1v) is 5.18. The average molecular weight is 231 g/mol. The van der Waals surface area contributed by atoms with Crippen molar-refractivity contribution in [2.75, 3.05) is 0 Å². The highest BCUT2D eigenvalue weighted by molar-refractivity contribution is 6.29. The Morgan fingerprint density at radius 3 is 2.75 bits per heavy atom. The summed E-state index contributed by atoms with van der Waals surface area (Å²) in [6, 6.07) is 11.4. The van der Waals surface area contributed by atoms with Gasteiger partial charge in [0.15, 0.2) is 5.58 Å². The second kappa shape index (κ2) is 3.61. The van der Waals surface area contributed by atoms with E-state index in [-0.39, 0.29) is 0 Å². The van der Waals surface area contributed by atoms with Crippen molar-refractivity contribution in [3.63, 3.8) is 0 Å². The van der Waals surface area contributed by atoms with E-state index in [1.54, 1.807) is 12.3 Å². The molecular formula is C12H7ClN2O. The van der Waals surface area contributed by atoms with Crippen LogP contribution in [0, 0.1) is 0 Å². The predicted molar refractivity (Wildman–Crippen MR) is 62.3 cm³/mol.